The Labute approximate surface area is 161 Å². The number of carbonyl (C=O) groups excluding carboxylic acids is 2. The molecule has 1 heterocycles. The van der Waals surface area contributed by atoms with Gasteiger partial charge in [-0.1, -0.05) is 32.9 Å². The summed E-state index contributed by atoms with van der Waals surface area (Å²) in [5, 5.41) is 5.53. The highest BCUT2D eigenvalue weighted by atomic mass is 16.3. The Kier molecular flexibility index (Phi) is 6.47. The molecule has 0 fully saturated rings. The van der Waals surface area contributed by atoms with Crippen LogP contribution in [0.3, 0.4) is 0 Å². The van der Waals surface area contributed by atoms with Gasteiger partial charge < -0.3 is 15.1 Å². The molecule has 0 unspecified atom stereocenters. The number of hydrogen-bond acceptors (Lipinski definition) is 3. The van der Waals surface area contributed by atoms with E-state index in [2.05, 4.69) is 57.4 Å². The first kappa shape index (κ1) is 20.7. The highest BCUT2D eigenvalue weighted by molar-refractivity contribution is 5.95. The summed E-state index contributed by atoms with van der Waals surface area (Å²) in [5.74, 6) is -0.413. The first-order valence-corrected chi connectivity index (χ1v) is 9.32. The standard InChI is InChI=1S/C22H30N2O3/c1-14-12-17(22(4,5)6)13-15(2)18(14)9-10-23-20(25)16(3)24-21(26)19-8-7-11-27-19/h7-8,11-13,16H,9-10H2,1-6H3,(H,23,25)(H,24,26)/t16-/m0/s1. The summed E-state index contributed by atoms with van der Waals surface area (Å²) in [4.78, 5) is 24.2. The SMILES string of the molecule is Cc1cc(C(C)(C)C)cc(C)c1CCNC(=O)[C@H](C)NC(=O)c1ccco1. The number of amides is 2. The average Bonchev–Trinajstić information content (AvgIpc) is 3.10. The first-order chi connectivity index (χ1) is 12.6. The second-order valence-electron chi connectivity index (χ2n) is 8.05. The average molecular weight is 370 g/mol. The van der Waals surface area contributed by atoms with Gasteiger partial charge in [-0.05, 0) is 67.0 Å². The Morgan fingerprint density at radius 1 is 1.15 bits per heavy atom. The van der Waals surface area contributed by atoms with Gasteiger partial charge in [-0.15, -0.1) is 0 Å². The third kappa shape index (κ3) is 5.46. The lowest BCUT2D eigenvalue weighted by molar-refractivity contribution is -0.122. The summed E-state index contributed by atoms with van der Waals surface area (Å²) in [6.45, 7) is 13.0. The minimum absolute atomic E-state index is 0.115. The molecule has 0 spiro atoms. The van der Waals surface area contributed by atoms with Gasteiger partial charge in [-0.2, -0.15) is 0 Å². The molecule has 2 amide bonds. The number of aryl methyl sites for hydroxylation is 2. The number of hydrogen-bond donors (Lipinski definition) is 2. The Hall–Kier alpha value is -2.56. The van der Waals surface area contributed by atoms with Crippen LogP contribution in [-0.4, -0.2) is 24.4 Å². The lowest BCUT2D eigenvalue weighted by Crippen LogP contribution is -2.45. The molecular weight excluding hydrogens is 340 g/mol. The molecule has 0 saturated carbocycles. The molecule has 27 heavy (non-hydrogen) atoms. The number of benzene rings is 1. The zero-order chi connectivity index (χ0) is 20.2. The van der Waals surface area contributed by atoms with Crippen molar-refractivity contribution in [1.29, 1.82) is 0 Å². The summed E-state index contributed by atoms with van der Waals surface area (Å²) in [6.07, 6.45) is 2.18. The van der Waals surface area contributed by atoms with Crippen LogP contribution >= 0.6 is 0 Å². The molecular formula is C22H30N2O3. The van der Waals surface area contributed by atoms with Gasteiger partial charge in [0.1, 0.15) is 6.04 Å². The molecule has 5 nitrogen and oxygen atoms in total. The maximum absolute atomic E-state index is 12.2. The van der Waals surface area contributed by atoms with Crippen molar-refractivity contribution in [2.24, 2.45) is 0 Å². The summed E-state index contributed by atoms with van der Waals surface area (Å²) in [6, 6.07) is 7.03. The van der Waals surface area contributed by atoms with Crippen molar-refractivity contribution in [3.05, 3.63) is 58.5 Å². The van der Waals surface area contributed by atoms with Gasteiger partial charge in [-0.25, -0.2) is 0 Å². The molecule has 2 N–H and O–H groups in total. The Morgan fingerprint density at radius 3 is 2.30 bits per heavy atom. The van der Waals surface area contributed by atoms with Crippen LogP contribution in [0.15, 0.2) is 34.9 Å². The number of rotatable bonds is 6. The molecule has 1 aromatic carbocycles. The fourth-order valence-electron chi connectivity index (χ4n) is 3.03. The smallest absolute Gasteiger partial charge is 0.287 e. The van der Waals surface area contributed by atoms with Gasteiger partial charge in [0.15, 0.2) is 5.76 Å². The van der Waals surface area contributed by atoms with Gasteiger partial charge in [0, 0.05) is 6.54 Å². The summed E-state index contributed by atoms with van der Waals surface area (Å²) < 4.78 is 5.03. The zero-order valence-electron chi connectivity index (χ0n) is 17.1. The molecule has 0 aliphatic rings. The zero-order valence-corrected chi connectivity index (χ0v) is 17.1. The van der Waals surface area contributed by atoms with Gasteiger partial charge in [0.05, 0.1) is 6.26 Å². The number of carbonyl (C=O) groups is 2. The van der Waals surface area contributed by atoms with Crippen molar-refractivity contribution in [1.82, 2.24) is 10.6 Å². The molecule has 1 aromatic heterocycles. The maximum Gasteiger partial charge on any atom is 0.287 e. The minimum atomic E-state index is -0.631. The molecule has 0 radical (unpaired) electrons. The monoisotopic (exact) mass is 370 g/mol. The van der Waals surface area contributed by atoms with Crippen LogP contribution in [0.2, 0.25) is 0 Å². The molecule has 0 aliphatic heterocycles. The summed E-state index contributed by atoms with van der Waals surface area (Å²) in [5.41, 5.74) is 5.18. The molecule has 0 saturated heterocycles. The van der Waals surface area contributed by atoms with E-state index in [-0.39, 0.29) is 17.1 Å². The van der Waals surface area contributed by atoms with Crippen LogP contribution in [0.1, 0.15) is 60.5 Å². The maximum atomic E-state index is 12.2. The van der Waals surface area contributed by atoms with Crippen molar-refractivity contribution in [3.8, 4) is 0 Å². The van der Waals surface area contributed by atoms with Crippen LogP contribution < -0.4 is 10.6 Å². The Bertz CT molecular complexity index is 778. The Balaban J connectivity index is 1.90. The lowest BCUT2D eigenvalue weighted by Gasteiger charge is -2.22. The van der Waals surface area contributed by atoms with Crippen LogP contribution in [0, 0.1) is 13.8 Å². The second kappa shape index (κ2) is 8.42. The van der Waals surface area contributed by atoms with E-state index in [4.69, 9.17) is 4.42 Å². The molecule has 2 rings (SSSR count). The molecule has 0 aliphatic carbocycles. The van der Waals surface area contributed by atoms with E-state index in [1.54, 1.807) is 19.1 Å². The number of nitrogens with one attached hydrogen (secondary N) is 2. The summed E-state index contributed by atoms with van der Waals surface area (Å²) >= 11 is 0. The molecule has 0 bridgehead atoms. The molecule has 2 aromatic rings. The quantitative estimate of drug-likeness (QED) is 0.815. The van der Waals surface area contributed by atoms with Crippen LogP contribution in [0.25, 0.3) is 0 Å². The van der Waals surface area contributed by atoms with Gasteiger partial charge in [-0.3, -0.25) is 9.59 Å². The van der Waals surface area contributed by atoms with E-state index in [1.807, 2.05) is 0 Å². The highest BCUT2D eigenvalue weighted by Crippen LogP contribution is 2.27. The van der Waals surface area contributed by atoms with Crippen LogP contribution in [0.4, 0.5) is 0 Å². The third-order valence-corrected chi connectivity index (χ3v) is 4.72. The molecule has 1 atom stereocenters. The number of furan rings is 1. The van der Waals surface area contributed by atoms with Crippen LogP contribution in [-0.2, 0) is 16.6 Å². The third-order valence-electron chi connectivity index (χ3n) is 4.72. The minimum Gasteiger partial charge on any atom is -0.459 e. The fourth-order valence-corrected chi connectivity index (χ4v) is 3.03. The molecule has 146 valence electrons. The highest BCUT2D eigenvalue weighted by Gasteiger charge is 2.19. The first-order valence-electron chi connectivity index (χ1n) is 9.32. The predicted molar refractivity (Wildman–Crippen MR) is 107 cm³/mol. The Morgan fingerprint density at radius 2 is 1.78 bits per heavy atom. The van der Waals surface area contributed by atoms with E-state index in [9.17, 15) is 9.59 Å². The normalized spacial score (nSPS) is 12.5. The van der Waals surface area contributed by atoms with Gasteiger partial charge >= 0.3 is 0 Å². The van der Waals surface area contributed by atoms with Crippen molar-refractivity contribution in [3.63, 3.8) is 0 Å². The summed E-state index contributed by atoms with van der Waals surface area (Å²) in [7, 11) is 0. The van der Waals surface area contributed by atoms with Crippen LogP contribution in [0.5, 0.6) is 0 Å². The van der Waals surface area contributed by atoms with Crippen molar-refractivity contribution in [2.45, 2.75) is 59.4 Å². The van der Waals surface area contributed by atoms with E-state index in [0.717, 1.165) is 6.42 Å². The predicted octanol–water partition coefficient (Wildman–Crippen LogP) is 3.67. The van der Waals surface area contributed by atoms with E-state index in [1.165, 1.54) is 28.5 Å². The molecule has 5 heteroatoms. The van der Waals surface area contributed by atoms with Crippen molar-refractivity contribution < 1.29 is 14.0 Å². The van der Waals surface area contributed by atoms with E-state index < -0.39 is 11.9 Å². The van der Waals surface area contributed by atoms with Crippen molar-refractivity contribution >= 4 is 11.8 Å². The topological polar surface area (TPSA) is 71.3 Å². The lowest BCUT2D eigenvalue weighted by atomic mass is 9.83. The van der Waals surface area contributed by atoms with E-state index in [0.29, 0.717) is 6.54 Å². The van der Waals surface area contributed by atoms with Gasteiger partial charge in [0.2, 0.25) is 5.91 Å². The second-order valence-corrected chi connectivity index (χ2v) is 8.05. The van der Waals surface area contributed by atoms with Crippen molar-refractivity contribution in [2.75, 3.05) is 6.54 Å². The van der Waals surface area contributed by atoms with Gasteiger partial charge in [0.25, 0.3) is 5.91 Å². The fraction of sp³-hybridized carbons (Fsp3) is 0.455. The van der Waals surface area contributed by atoms with E-state index >= 15 is 0 Å². The largest absolute Gasteiger partial charge is 0.459 e.